The summed E-state index contributed by atoms with van der Waals surface area (Å²) < 4.78 is 5.40. The summed E-state index contributed by atoms with van der Waals surface area (Å²) in [6.07, 6.45) is 5.02. The minimum atomic E-state index is -0.130. The van der Waals surface area contributed by atoms with Crippen LogP contribution in [0.4, 0.5) is 10.6 Å². The summed E-state index contributed by atoms with van der Waals surface area (Å²) in [5, 5.41) is 4.01. The smallest absolute Gasteiger partial charge is 0.323 e. The number of pyridine rings is 1. The van der Waals surface area contributed by atoms with Gasteiger partial charge in [-0.25, -0.2) is 9.78 Å². The topological polar surface area (TPSA) is 93.8 Å². The molecule has 2 aliphatic heterocycles. The fourth-order valence-electron chi connectivity index (χ4n) is 4.58. The predicted molar refractivity (Wildman–Crippen MR) is 147 cm³/mol. The number of rotatable bonds is 7. The van der Waals surface area contributed by atoms with Crippen LogP contribution in [0.1, 0.15) is 29.8 Å². The van der Waals surface area contributed by atoms with Gasteiger partial charge in [-0.3, -0.25) is 15.0 Å². The third kappa shape index (κ3) is 6.12. The van der Waals surface area contributed by atoms with Crippen LogP contribution >= 0.6 is 12.4 Å². The van der Waals surface area contributed by atoms with Gasteiger partial charge in [-0.2, -0.15) is 0 Å². The van der Waals surface area contributed by atoms with Crippen LogP contribution in [0.15, 0.2) is 48.7 Å². The summed E-state index contributed by atoms with van der Waals surface area (Å²) in [5.41, 5.74) is 3.80. The summed E-state index contributed by atoms with van der Waals surface area (Å²) in [5.74, 6) is 0.481. The number of carbonyl (C=O) groups is 2. The van der Waals surface area contributed by atoms with Gasteiger partial charge in [-0.15, -0.1) is 12.4 Å². The number of ether oxygens (including phenoxy) is 1. The standard InChI is InChI=1S/C27H32N6O3.ClH/c1-19(24-16-21-5-3-4-6-23(21)29-24)31(2)25(34)8-7-20-15-22-18-33(27(35)30-26(22)28-17-20)10-9-32-11-13-36-14-12-32;/h3-8,15-17,19,29H,9-14,18H2,1-2H3,(H,28,30,35);1H/b8-7+;. The Balaban J connectivity index is 0.00000320. The van der Waals surface area contributed by atoms with Crippen molar-refractivity contribution in [3.63, 3.8) is 0 Å². The van der Waals surface area contributed by atoms with Gasteiger partial charge in [-0.1, -0.05) is 18.2 Å². The monoisotopic (exact) mass is 524 g/mol. The van der Waals surface area contributed by atoms with Crippen LogP contribution in [0.25, 0.3) is 17.0 Å². The minimum Gasteiger partial charge on any atom is -0.379 e. The van der Waals surface area contributed by atoms with Crippen LogP contribution in [0.3, 0.4) is 0 Å². The van der Waals surface area contributed by atoms with E-state index in [2.05, 4.69) is 32.3 Å². The molecule has 2 aliphatic rings. The summed E-state index contributed by atoms with van der Waals surface area (Å²) in [4.78, 5) is 39.0. The molecule has 37 heavy (non-hydrogen) atoms. The van der Waals surface area contributed by atoms with Gasteiger partial charge in [0.05, 0.1) is 25.8 Å². The molecule has 4 heterocycles. The summed E-state index contributed by atoms with van der Waals surface area (Å²) in [6, 6.07) is 11.9. The molecule has 0 spiro atoms. The van der Waals surface area contributed by atoms with Crippen molar-refractivity contribution in [1.82, 2.24) is 24.7 Å². The normalized spacial score (nSPS) is 16.8. The Morgan fingerprint density at radius 2 is 2.00 bits per heavy atom. The number of aromatic amines is 1. The molecule has 196 valence electrons. The van der Waals surface area contributed by atoms with Crippen LogP contribution in [0.2, 0.25) is 0 Å². The van der Waals surface area contributed by atoms with Gasteiger partial charge in [0.1, 0.15) is 5.82 Å². The number of H-pyrrole nitrogens is 1. The van der Waals surface area contributed by atoms with E-state index in [0.717, 1.165) is 60.6 Å². The van der Waals surface area contributed by atoms with E-state index in [1.165, 1.54) is 0 Å². The van der Waals surface area contributed by atoms with Crippen molar-refractivity contribution in [2.45, 2.75) is 19.5 Å². The maximum Gasteiger partial charge on any atom is 0.323 e. The molecule has 1 atom stereocenters. The molecule has 5 rings (SSSR count). The number of fused-ring (bicyclic) bond motifs is 2. The number of amides is 3. The number of carbonyl (C=O) groups excluding carboxylic acids is 2. The number of anilines is 1. The summed E-state index contributed by atoms with van der Waals surface area (Å²) >= 11 is 0. The van der Waals surface area contributed by atoms with Crippen LogP contribution in [-0.2, 0) is 16.1 Å². The minimum absolute atomic E-state index is 0. The van der Waals surface area contributed by atoms with E-state index in [-0.39, 0.29) is 30.4 Å². The highest BCUT2D eigenvalue weighted by Crippen LogP contribution is 2.25. The number of nitrogens with zero attached hydrogens (tertiary/aromatic N) is 4. The molecule has 10 heteroatoms. The van der Waals surface area contributed by atoms with Crippen molar-refractivity contribution in [1.29, 1.82) is 0 Å². The van der Waals surface area contributed by atoms with E-state index in [1.54, 1.807) is 35.2 Å². The van der Waals surface area contributed by atoms with Gasteiger partial charge >= 0.3 is 6.03 Å². The highest BCUT2D eigenvalue weighted by Gasteiger charge is 2.24. The number of hydrogen-bond donors (Lipinski definition) is 2. The Kier molecular flexibility index (Phi) is 8.48. The molecule has 9 nitrogen and oxygen atoms in total. The van der Waals surface area contributed by atoms with Crippen molar-refractivity contribution in [2.24, 2.45) is 0 Å². The maximum atomic E-state index is 12.9. The van der Waals surface area contributed by atoms with E-state index in [0.29, 0.717) is 18.9 Å². The Bertz CT molecular complexity index is 1250. The van der Waals surface area contributed by atoms with E-state index >= 15 is 0 Å². The molecule has 1 aromatic carbocycles. The number of urea groups is 1. The first-order chi connectivity index (χ1) is 17.5. The molecule has 1 fully saturated rings. The van der Waals surface area contributed by atoms with Crippen molar-refractivity contribution < 1.29 is 14.3 Å². The SMILES string of the molecule is CC(c1cc2ccccc2[nH]1)N(C)C(=O)/C=C/c1cnc2c(c1)CN(CCN1CCOCC1)C(=O)N2.Cl. The number of aromatic nitrogens is 2. The second kappa shape index (κ2) is 11.8. The van der Waals surface area contributed by atoms with Crippen molar-refractivity contribution in [3.8, 4) is 0 Å². The zero-order valence-corrected chi connectivity index (χ0v) is 22.0. The number of hydrogen-bond acceptors (Lipinski definition) is 5. The van der Waals surface area contributed by atoms with E-state index in [9.17, 15) is 9.59 Å². The van der Waals surface area contributed by atoms with Gasteiger partial charge in [0, 0.05) is 62.3 Å². The average molecular weight is 525 g/mol. The van der Waals surface area contributed by atoms with Crippen LogP contribution in [0.5, 0.6) is 0 Å². The van der Waals surface area contributed by atoms with Crippen molar-refractivity contribution in [3.05, 3.63) is 65.5 Å². The van der Waals surface area contributed by atoms with Crippen LogP contribution < -0.4 is 5.32 Å². The first-order valence-electron chi connectivity index (χ1n) is 12.4. The average Bonchev–Trinajstić information content (AvgIpc) is 3.34. The number of nitrogens with one attached hydrogen (secondary N) is 2. The van der Waals surface area contributed by atoms with Crippen molar-refractivity contribution >= 4 is 47.1 Å². The van der Waals surface area contributed by atoms with Crippen LogP contribution in [0, 0.1) is 0 Å². The number of benzene rings is 1. The Morgan fingerprint density at radius 1 is 1.22 bits per heavy atom. The second-order valence-corrected chi connectivity index (χ2v) is 9.35. The number of para-hydroxylation sites is 1. The van der Waals surface area contributed by atoms with Crippen LogP contribution in [-0.4, -0.2) is 83.0 Å². The first kappa shape index (κ1) is 26.7. The van der Waals surface area contributed by atoms with Gasteiger partial charge in [0.15, 0.2) is 0 Å². The number of likely N-dealkylation sites (N-methyl/N-ethyl adjacent to an activating group) is 1. The zero-order chi connectivity index (χ0) is 25.1. The molecule has 3 aromatic rings. The molecule has 1 unspecified atom stereocenters. The van der Waals surface area contributed by atoms with Crippen molar-refractivity contribution in [2.75, 3.05) is 51.8 Å². The largest absolute Gasteiger partial charge is 0.379 e. The van der Waals surface area contributed by atoms with E-state index in [1.807, 2.05) is 31.2 Å². The molecule has 1 saturated heterocycles. The lowest BCUT2D eigenvalue weighted by atomic mass is 10.1. The number of morpholine rings is 1. The molecule has 2 N–H and O–H groups in total. The van der Waals surface area contributed by atoms with Gasteiger partial charge in [0.2, 0.25) is 5.91 Å². The molecular weight excluding hydrogens is 492 g/mol. The lowest BCUT2D eigenvalue weighted by molar-refractivity contribution is -0.126. The molecule has 3 amide bonds. The molecular formula is C27H33ClN6O3. The second-order valence-electron chi connectivity index (χ2n) is 9.35. The maximum absolute atomic E-state index is 12.9. The molecule has 0 aliphatic carbocycles. The van der Waals surface area contributed by atoms with Gasteiger partial charge in [0.25, 0.3) is 0 Å². The summed E-state index contributed by atoms with van der Waals surface area (Å²) in [7, 11) is 1.80. The van der Waals surface area contributed by atoms with E-state index in [4.69, 9.17) is 4.74 Å². The summed E-state index contributed by atoms with van der Waals surface area (Å²) in [6.45, 7) is 7.21. The molecule has 2 aromatic heterocycles. The highest BCUT2D eigenvalue weighted by atomic mass is 35.5. The quantitative estimate of drug-likeness (QED) is 0.457. The molecule has 0 bridgehead atoms. The Morgan fingerprint density at radius 3 is 2.78 bits per heavy atom. The fraction of sp³-hybridized carbons (Fsp3) is 0.370. The van der Waals surface area contributed by atoms with Gasteiger partial charge in [-0.05, 0) is 42.1 Å². The lowest BCUT2D eigenvalue weighted by Gasteiger charge is -2.32. The zero-order valence-electron chi connectivity index (χ0n) is 21.1. The van der Waals surface area contributed by atoms with E-state index < -0.39 is 0 Å². The molecule has 0 saturated carbocycles. The predicted octanol–water partition coefficient (Wildman–Crippen LogP) is 3.90. The first-order valence-corrected chi connectivity index (χ1v) is 12.4. The number of halogens is 1. The third-order valence-corrected chi connectivity index (χ3v) is 7.00. The van der Waals surface area contributed by atoms with Gasteiger partial charge < -0.3 is 19.5 Å². The third-order valence-electron chi connectivity index (χ3n) is 7.00. The Labute approximate surface area is 222 Å². The Hall–Kier alpha value is -3.40. The lowest BCUT2D eigenvalue weighted by Crippen LogP contribution is -2.45. The molecule has 0 radical (unpaired) electrons. The highest BCUT2D eigenvalue weighted by molar-refractivity contribution is 5.93. The fourth-order valence-corrected chi connectivity index (χ4v) is 4.58.